The highest BCUT2D eigenvalue weighted by Crippen LogP contribution is 2.57. The van der Waals surface area contributed by atoms with Gasteiger partial charge in [0.25, 0.3) is 0 Å². The fourth-order valence-electron chi connectivity index (χ4n) is 20.4. The predicted octanol–water partition coefficient (Wildman–Crippen LogP) is 30.7. The maximum absolute atomic E-state index is 2.40. The minimum atomic E-state index is -0.0766. The molecular weight excluding hydrogens is 1410 g/mol. The van der Waals surface area contributed by atoms with Gasteiger partial charge >= 0.3 is 0 Å². The number of benzene rings is 19. The van der Waals surface area contributed by atoms with Crippen LogP contribution >= 0.6 is 0 Å². The highest BCUT2D eigenvalue weighted by molar-refractivity contribution is 6.29. The van der Waals surface area contributed by atoms with Crippen LogP contribution in [0.15, 0.2) is 413 Å². The molecule has 0 fully saturated rings. The van der Waals surface area contributed by atoms with Gasteiger partial charge in [-0.05, 0) is 240 Å². The van der Waals surface area contributed by atoms with Gasteiger partial charge in [-0.15, -0.1) is 0 Å². The number of hydrogen-bond donors (Lipinski definition) is 0. The Bertz CT molecular complexity index is 7810. The Kier molecular flexibility index (Phi) is 14.8. The van der Waals surface area contributed by atoms with Crippen LogP contribution in [0.5, 0.6) is 0 Å². The molecule has 0 bridgehead atoms. The molecule has 117 heavy (non-hydrogen) atoms. The van der Waals surface area contributed by atoms with E-state index in [1.807, 2.05) is 0 Å². The Morgan fingerprint density at radius 2 is 0.521 bits per heavy atom. The van der Waals surface area contributed by atoms with E-state index < -0.39 is 0 Å². The average molecular weight is 1490 g/mol. The zero-order chi connectivity index (χ0) is 77.1. The van der Waals surface area contributed by atoms with Crippen LogP contribution in [0.2, 0.25) is 0 Å². The van der Waals surface area contributed by atoms with Crippen molar-refractivity contribution in [2.75, 3.05) is 4.90 Å². The molecule has 0 radical (unpaired) electrons. The number of rotatable bonds is 8. The highest BCUT2D eigenvalue weighted by atomic mass is 15.1. The molecular formula is C113H74N4. The fourth-order valence-corrected chi connectivity index (χ4v) is 20.4. The van der Waals surface area contributed by atoms with Crippen molar-refractivity contribution >= 4 is 104 Å². The van der Waals surface area contributed by atoms with Gasteiger partial charge in [0.1, 0.15) is 0 Å². The van der Waals surface area contributed by atoms with Gasteiger partial charge < -0.3 is 18.6 Å². The smallest absolute Gasteiger partial charge is 0.0541 e. The van der Waals surface area contributed by atoms with Gasteiger partial charge in [0.2, 0.25) is 0 Å². The van der Waals surface area contributed by atoms with Crippen molar-refractivity contribution in [3.05, 3.63) is 424 Å². The Labute approximate surface area is 678 Å². The maximum atomic E-state index is 2.40. The minimum absolute atomic E-state index is 0.0766. The first-order valence-electron chi connectivity index (χ1n) is 40.7. The van der Waals surface area contributed by atoms with Gasteiger partial charge in [-0.25, -0.2) is 0 Å². The van der Waals surface area contributed by atoms with Crippen LogP contribution in [0.4, 0.5) is 17.1 Å². The molecule has 0 spiro atoms. The Balaban J connectivity index is 0.000000136. The quantitative estimate of drug-likeness (QED) is 0.139. The molecule has 3 aliphatic carbocycles. The van der Waals surface area contributed by atoms with E-state index in [0.29, 0.717) is 0 Å². The lowest BCUT2D eigenvalue weighted by molar-refractivity contribution is 0.660. The predicted molar refractivity (Wildman–Crippen MR) is 494 cm³/mol. The fraction of sp³-hybridized carbons (Fsp3) is 0.0265. The number of aromatic nitrogens is 3. The molecule has 0 aliphatic heterocycles. The summed E-state index contributed by atoms with van der Waals surface area (Å²) in [5.41, 5.74) is 37.3. The molecule has 0 N–H and O–H groups in total. The number of hydrogen-bond acceptors (Lipinski definition) is 1. The standard InChI is InChI=1S/C61H42N2.C52H32N2/c1-61(2)55-25-13-12-20-48(55)49-36-35-44(37-56(49)61)63(42-15-4-3-5-16-42)43-33-29-40(30-34-43)39-27-31-41(32-28-39)62-38-54-47-19-8-11-23-52(47)59-50-21-9-6-17-45(50)46-18-7-10-22-51(46)60(59)53-24-14-26-57(62)58(53)54;1-4-17-42-37(12-1)38-13-2-5-18-43(38)52-45-20-11-23-49-50(45)46(39-14-3-6-19-44(39)51(42)52)32-53(49)35-28-24-33(25-29-35)34-26-30-36(31-27-34)54-47-21-9-7-15-40(47)41-16-8-10-22-48(41)54/h3-38H,1-2H3;1-32H. The zero-order valence-electron chi connectivity index (χ0n) is 64.5. The van der Waals surface area contributed by atoms with E-state index in [1.165, 1.54) is 204 Å². The average Bonchev–Trinajstić information content (AvgIpc) is 1.57. The molecule has 0 amide bonds. The number of nitrogens with zero attached hydrogens (tertiary/aromatic N) is 4. The van der Waals surface area contributed by atoms with Crippen LogP contribution in [0.3, 0.4) is 0 Å². The van der Waals surface area contributed by atoms with Gasteiger partial charge in [0.05, 0.1) is 22.1 Å². The Hall–Kier alpha value is -15.1. The topological polar surface area (TPSA) is 18.0 Å². The molecule has 0 atom stereocenters. The summed E-state index contributed by atoms with van der Waals surface area (Å²) in [6, 6.07) is 147. The molecule has 0 unspecified atom stereocenters. The highest BCUT2D eigenvalue weighted by Gasteiger charge is 2.37. The molecule has 4 nitrogen and oxygen atoms in total. The van der Waals surface area contributed by atoms with Crippen molar-refractivity contribution < 1.29 is 0 Å². The normalized spacial score (nSPS) is 12.6. The van der Waals surface area contributed by atoms with E-state index in [1.54, 1.807) is 0 Å². The van der Waals surface area contributed by atoms with E-state index >= 15 is 0 Å². The summed E-state index contributed by atoms with van der Waals surface area (Å²) in [6.07, 6.45) is 4.72. The van der Waals surface area contributed by atoms with Crippen LogP contribution in [-0.2, 0) is 5.41 Å². The first kappa shape index (κ1) is 66.5. The largest absolute Gasteiger partial charge is 0.316 e. The van der Waals surface area contributed by atoms with E-state index in [4.69, 9.17) is 0 Å². The van der Waals surface area contributed by atoms with Crippen molar-refractivity contribution in [1.29, 1.82) is 0 Å². The second-order valence-corrected chi connectivity index (χ2v) is 32.1. The van der Waals surface area contributed by atoms with Crippen molar-refractivity contribution in [2.45, 2.75) is 19.3 Å². The molecule has 546 valence electrons. The second kappa shape index (κ2) is 26.0. The van der Waals surface area contributed by atoms with Crippen molar-refractivity contribution in [1.82, 2.24) is 13.7 Å². The maximum Gasteiger partial charge on any atom is 0.0541 e. The van der Waals surface area contributed by atoms with Gasteiger partial charge in [0, 0.05) is 84.6 Å². The van der Waals surface area contributed by atoms with Crippen LogP contribution in [-0.4, -0.2) is 13.7 Å². The van der Waals surface area contributed by atoms with Gasteiger partial charge in [-0.1, -0.05) is 317 Å². The van der Waals surface area contributed by atoms with E-state index in [9.17, 15) is 0 Å². The summed E-state index contributed by atoms with van der Waals surface area (Å²) in [5, 5.41) is 15.5. The van der Waals surface area contributed by atoms with Gasteiger partial charge in [-0.2, -0.15) is 0 Å². The van der Waals surface area contributed by atoms with Crippen molar-refractivity contribution in [3.63, 3.8) is 0 Å². The van der Waals surface area contributed by atoms with Crippen LogP contribution in [0.1, 0.15) is 25.0 Å². The lowest BCUT2D eigenvalue weighted by Crippen LogP contribution is -2.16. The molecule has 3 aromatic heterocycles. The van der Waals surface area contributed by atoms with Crippen molar-refractivity contribution in [2.24, 2.45) is 0 Å². The van der Waals surface area contributed by atoms with E-state index in [0.717, 1.165) is 28.4 Å². The van der Waals surface area contributed by atoms with Crippen molar-refractivity contribution in [3.8, 4) is 117 Å². The first-order valence-corrected chi connectivity index (χ1v) is 40.7. The second-order valence-electron chi connectivity index (χ2n) is 32.1. The Morgan fingerprint density at radius 3 is 0.974 bits per heavy atom. The zero-order valence-corrected chi connectivity index (χ0v) is 64.5. The minimum Gasteiger partial charge on any atom is -0.316 e. The summed E-state index contributed by atoms with van der Waals surface area (Å²) >= 11 is 0. The van der Waals surface area contributed by atoms with Gasteiger partial charge in [-0.3, -0.25) is 0 Å². The van der Waals surface area contributed by atoms with Crippen LogP contribution in [0, 0.1) is 0 Å². The summed E-state index contributed by atoms with van der Waals surface area (Å²) in [7, 11) is 0. The first-order chi connectivity index (χ1) is 57.8. The van der Waals surface area contributed by atoms with E-state index in [2.05, 4.69) is 445 Å². The molecule has 3 aliphatic rings. The molecule has 0 saturated carbocycles. The third-order valence-electron chi connectivity index (χ3n) is 25.7. The lowest BCUT2D eigenvalue weighted by atomic mass is 9.82. The lowest BCUT2D eigenvalue weighted by Gasteiger charge is -2.28. The van der Waals surface area contributed by atoms with Crippen LogP contribution < -0.4 is 4.90 Å². The number of fused-ring (bicyclic) bond motifs is 26. The summed E-state index contributed by atoms with van der Waals surface area (Å²) < 4.78 is 7.14. The molecule has 25 rings (SSSR count). The number of para-hydroxylation sites is 3. The SMILES string of the molecule is CC1(C)c2ccccc2-c2ccc(N(c3ccccc3)c3ccc(-c4ccc(-n5cc6c7c(cccc75)-c5c(c7ccccc7c7ccccc57)-c5ccccc5-6)cc4)cc3)cc21.c1ccc2c(c1)-c1c(c3ccccc3c3ccccc13)-c1cccc3c1c-2cn3-c1ccc(-c2ccc(-n3c4ccccc4c4ccccc43)cc2)cc1. The summed E-state index contributed by atoms with van der Waals surface area (Å²) in [5.74, 6) is 0. The van der Waals surface area contributed by atoms with Crippen LogP contribution in [0.25, 0.3) is 204 Å². The molecule has 0 saturated heterocycles. The third kappa shape index (κ3) is 10.1. The number of anilines is 3. The summed E-state index contributed by atoms with van der Waals surface area (Å²) in [4.78, 5) is 2.38. The van der Waals surface area contributed by atoms with Gasteiger partial charge in [0.15, 0.2) is 0 Å². The molecule has 19 aromatic carbocycles. The monoisotopic (exact) mass is 1490 g/mol. The Morgan fingerprint density at radius 1 is 0.205 bits per heavy atom. The summed E-state index contributed by atoms with van der Waals surface area (Å²) in [6.45, 7) is 4.70. The van der Waals surface area contributed by atoms with E-state index in [-0.39, 0.29) is 5.41 Å². The molecule has 22 aromatic rings. The third-order valence-corrected chi connectivity index (χ3v) is 25.7. The molecule has 3 heterocycles. The molecule has 4 heteroatoms.